The van der Waals surface area contributed by atoms with Crippen molar-refractivity contribution in [1.82, 2.24) is 0 Å². The Morgan fingerprint density at radius 3 is 0.792 bits per heavy atom. The molecule has 0 aliphatic carbocycles. The van der Waals surface area contributed by atoms with E-state index in [1.54, 1.807) is 0 Å². The van der Waals surface area contributed by atoms with Crippen LogP contribution in [0.2, 0.25) is 0 Å². The molecule has 0 bridgehead atoms. The molecule has 2 unspecified atom stereocenters. The Bertz CT molecular complexity index is 2280. The number of hydrogen-bond donors (Lipinski definition) is 0. The van der Waals surface area contributed by atoms with Gasteiger partial charge in [-0.3, -0.25) is 9.59 Å². The van der Waals surface area contributed by atoms with E-state index in [2.05, 4.69) is 184 Å². The van der Waals surface area contributed by atoms with Gasteiger partial charge in [-0.2, -0.15) is 0 Å². The van der Waals surface area contributed by atoms with Crippen molar-refractivity contribution >= 4 is 17.9 Å². The topological polar surface area (TPSA) is 111 Å². The van der Waals surface area contributed by atoms with Crippen LogP contribution in [-0.2, 0) is 33.3 Å². The Hall–Kier alpha value is -5.35. The van der Waals surface area contributed by atoms with Gasteiger partial charge in [-0.15, -0.1) is 0 Å². The van der Waals surface area contributed by atoms with Gasteiger partial charge in [0.25, 0.3) is 0 Å². The molecule has 0 saturated heterocycles. The Morgan fingerprint density at radius 1 is 0.297 bits per heavy atom. The number of esters is 2. The average Bonchev–Trinajstić information content (AvgIpc) is 1.25. The number of ether oxygens (including phenoxy) is 4. The molecule has 0 aliphatic rings. The van der Waals surface area contributed by atoms with Gasteiger partial charge < -0.3 is 33.3 Å². The van der Waals surface area contributed by atoms with Crippen molar-refractivity contribution in [3.63, 3.8) is 0 Å². The van der Waals surface area contributed by atoms with E-state index >= 15 is 0 Å². The minimum absolute atomic E-state index is 0.141. The Morgan fingerprint density at radius 2 is 0.535 bits per heavy atom. The maximum atomic E-state index is 13.0. The molecule has 0 aliphatic heterocycles. The molecule has 0 fully saturated rings. The standard InChI is InChI=1S/C92H153NO8/c1-6-8-10-12-14-16-18-20-22-24-26-28-30-32-34-36-38-40-42-43-44-45-46-47-49-50-52-54-56-58-60-62-64-66-68-70-72-74-76-78-80-82-89(94)99-86-88(87-100-92(91(96)97)98-85-84-93(3,4)5)101-90(95)83-81-79-77-75-73-71-69-67-65-63-61-59-57-55-53-51-48-41-39-37-35-33-31-29-27-25-23-21-19-17-15-13-11-9-7-2/h8-11,14-17,20-23,26-29,32-35,38-41,51,53,57,59,88,92H,6-7,12-13,18-19,24-25,30-31,36-37,42-50,52,54-56,58,60-87H2,1-5H3/b10-8-,11-9-,16-14-,17-15-,22-20-,23-21-,28-26-,29-27-,34-32-,35-33-,40-38-,41-39-,53-51-,59-57-. The first kappa shape index (κ1) is 95.6. The Labute approximate surface area is 622 Å². The summed E-state index contributed by atoms with van der Waals surface area (Å²) in [6.45, 7) is 4.53. The van der Waals surface area contributed by atoms with Crippen LogP contribution in [0.25, 0.3) is 0 Å². The number of rotatable bonds is 75. The number of carbonyl (C=O) groups excluding carboxylic acids is 3. The third-order valence-corrected chi connectivity index (χ3v) is 17.5. The quantitative estimate of drug-likeness (QED) is 0.0195. The van der Waals surface area contributed by atoms with Crippen molar-refractivity contribution in [3.05, 3.63) is 170 Å². The summed E-state index contributed by atoms with van der Waals surface area (Å²) >= 11 is 0. The monoisotopic (exact) mass is 1400 g/mol. The number of hydrogen-bond acceptors (Lipinski definition) is 8. The Kier molecular flexibility index (Phi) is 76.1. The zero-order valence-corrected chi connectivity index (χ0v) is 65.7. The molecule has 0 aromatic carbocycles. The summed E-state index contributed by atoms with van der Waals surface area (Å²) in [7, 11) is 5.93. The number of carboxylic acid groups (broad SMARTS) is 1. The number of allylic oxidation sites excluding steroid dienone is 28. The van der Waals surface area contributed by atoms with Crippen LogP contribution < -0.4 is 5.11 Å². The fraction of sp³-hybridized carbons (Fsp3) is 0.663. The van der Waals surface area contributed by atoms with E-state index in [4.69, 9.17) is 18.9 Å². The molecular formula is C92H153NO8. The number of aliphatic carboxylic acids is 1. The molecule has 0 heterocycles. The maximum absolute atomic E-state index is 13.0. The smallest absolute Gasteiger partial charge is 0.306 e. The number of carboxylic acids is 1. The van der Waals surface area contributed by atoms with Crippen molar-refractivity contribution in [3.8, 4) is 0 Å². The van der Waals surface area contributed by atoms with Gasteiger partial charge in [-0.25, -0.2) is 0 Å². The minimum Gasteiger partial charge on any atom is -0.545 e. The fourth-order valence-corrected chi connectivity index (χ4v) is 11.3. The second-order valence-corrected chi connectivity index (χ2v) is 28.3. The first-order chi connectivity index (χ1) is 49.6. The van der Waals surface area contributed by atoms with Crippen molar-refractivity contribution in [1.29, 1.82) is 0 Å². The number of nitrogens with zero attached hydrogens (tertiary/aromatic N) is 1. The molecule has 9 heteroatoms. The molecule has 2 atom stereocenters. The van der Waals surface area contributed by atoms with Crippen LogP contribution >= 0.6 is 0 Å². The van der Waals surface area contributed by atoms with Gasteiger partial charge in [0, 0.05) is 12.8 Å². The third kappa shape index (κ3) is 81.8. The zero-order chi connectivity index (χ0) is 73.2. The minimum atomic E-state index is -1.63. The molecule has 0 N–H and O–H groups in total. The van der Waals surface area contributed by atoms with E-state index in [0.717, 1.165) is 135 Å². The highest BCUT2D eigenvalue weighted by atomic mass is 16.7. The molecule has 0 spiro atoms. The summed E-state index contributed by atoms with van der Waals surface area (Å²) in [6.07, 6.45) is 118. The number of unbranched alkanes of at least 4 members (excludes halogenated alkanes) is 32. The first-order valence-electron chi connectivity index (χ1n) is 41.3. The van der Waals surface area contributed by atoms with E-state index in [1.807, 2.05) is 21.1 Å². The van der Waals surface area contributed by atoms with E-state index < -0.39 is 24.3 Å². The predicted molar refractivity (Wildman–Crippen MR) is 435 cm³/mol. The molecule has 0 saturated carbocycles. The van der Waals surface area contributed by atoms with Gasteiger partial charge in [-0.05, 0) is 128 Å². The lowest BCUT2D eigenvalue weighted by Crippen LogP contribution is -2.44. The van der Waals surface area contributed by atoms with Gasteiger partial charge in [0.1, 0.15) is 13.2 Å². The first-order valence-corrected chi connectivity index (χ1v) is 41.3. The van der Waals surface area contributed by atoms with Crippen LogP contribution in [0.4, 0.5) is 0 Å². The summed E-state index contributed by atoms with van der Waals surface area (Å²) < 4.78 is 22.9. The van der Waals surface area contributed by atoms with Crippen LogP contribution in [0.15, 0.2) is 170 Å². The van der Waals surface area contributed by atoms with Crippen molar-refractivity contribution in [2.75, 3.05) is 47.5 Å². The lowest BCUT2D eigenvalue weighted by Gasteiger charge is -2.26. The van der Waals surface area contributed by atoms with Gasteiger partial charge in [-0.1, -0.05) is 364 Å². The van der Waals surface area contributed by atoms with Gasteiger partial charge in [0.05, 0.1) is 40.3 Å². The molecule has 0 aromatic heterocycles. The second kappa shape index (κ2) is 80.3. The van der Waals surface area contributed by atoms with E-state index in [9.17, 15) is 19.5 Å². The van der Waals surface area contributed by atoms with Crippen LogP contribution in [0.3, 0.4) is 0 Å². The van der Waals surface area contributed by atoms with E-state index in [0.29, 0.717) is 17.4 Å². The third-order valence-electron chi connectivity index (χ3n) is 17.5. The van der Waals surface area contributed by atoms with Crippen molar-refractivity contribution in [2.45, 2.75) is 347 Å². The number of carbonyl (C=O) groups is 3. The SMILES string of the molecule is CC/C=C\C/C=C\C/C=C\C/C=C\C/C=C\C/C=C\C/C=C\C/C=C\CCCCCCCCCCCCC(=O)OC(COC(=O)CCCCCCCCCCCCCCCCCCCCCCCC/C=C\C/C=C\C/C=C\C/C=C\C/C=C\C/C=C\CC)COC(OCC[N+](C)(C)C)C(=O)[O-]. The van der Waals surface area contributed by atoms with Crippen molar-refractivity contribution in [2.24, 2.45) is 0 Å². The summed E-state index contributed by atoms with van der Waals surface area (Å²) in [5, 5.41) is 11.9. The lowest BCUT2D eigenvalue weighted by atomic mass is 10.0. The number of likely N-dealkylation sites (N-methyl/N-ethyl adjacent to an activating group) is 1. The zero-order valence-electron chi connectivity index (χ0n) is 65.7. The van der Waals surface area contributed by atoms with Gasteiger partial charge in [0.15, 0.2) is 12.4 Å². The maximum Gasteiger partial charge on any atom is 0.306 e. The van der Waals surface area contributed by atoms with Crippen LogP contribution in [0, 0.1) is 0 Å². The molecular weight excluding hydrogens is 1250 g/mol. The Balaban J connectivity index is 4.04. The average molecular weight is 1400 g/mol. The van der Waals surface area contributed by atoms with E-state index in [1.165, 1.54) is 167 Å². The second-order valence-electron chi connectivity index (χ2n) is 28.3. The normalized spacial score (nSPS) is 13.6. The molecule has 0 amide bonds. The van der Waals surface area contributed by atoms with E-state index in [-0.39, 0.29) is 38.6 Å². The van der Waals surface area contributed by atoms with Gasteiger partial charge >= 0.3 is 11.9 Å². The molecule has 0 aromatic rings. The van der Waals surface area contributed by atoms with Crippen LogP contribution in [-0.4, -0.2) is 82.3 Å². The predicted octanol–water partition coefficient (Wildman–Crippen LogP) is 25.6. The molecule has 101 heavy (non-hydrogen) atoms. The molecule has 0 rings (SSSR count). The highest BCUT2D eigenvalue weighted by molar-refractivity contribution is 5.70. The molecule has 0 radical (unpaired) electrons. The summed E-state index contributed by atoms with van der Waals surface area (Å²) in [6, 6.07) is 0. The van der Waals surface area contributed by atoms with Crippen LogP contribution in [0.5, 0.6) is 0 Å². The number of quaternary nitrogens is 1. The highest BCUT2D eigenvalue weighted by Crippen LogP contribution is 2.18. The van der Waals surface area contributed by atoms with Crippen molar-refractivity contribution < 1.29 is 42.9 Å². The summed E-state index contributed by atoms with van der Waals surface area (Å²) in [5.74, 6) is -2.28. The van der Waals surface area contributed by atoms with Crippen LogP contribution in [0.1, 0.15) is 335 Å². The van der Waals surface area contributed by atoms with Gasteiger partial charge in [0.2, 0.25) is 0 Å². The largest absolute Gasteiger partial charge is 0.545 e. The summed E-state index contributed by atoms with van der Waals surface area (Å²) in [5.41, 5.74) is 0. The molecule has 9 nitrogen and oxygen atoms in total. The lowest BCUT2D eigenvalue weighted by molar-refractivity contribution is -0.870. The fourth-order valence-electron chi connectivity index (χ4n) is 11.3. The highest BCUT2D eigenvalue weighted by Gasteiger charge is 2.22. The molecule has 574 valence electrons. The summed E-state index contributed by atoms with van der Waals surface area (Å²) in [4.78, 5) is 37.6.